The lowest BCUT2D eigenvalue weighted by molar-refractivity contribution is 0.241. The standard InChI is InChI=1S/C18H18N4OS/c1-12-20-16-4-7-22(10-15(16)18(23)21-12)9-13-3-2-6-19-17(13)14-5-8-24-11-14/h2-3,5-6,8,11H,4,7,9-10H2,1H3,(H,20,21,23). The molecule has 122 valence electrons. The number of aryl methyl sites for hydroxylation is 1. The number of nitrogens with zero attached hydrogens (tertiary/aromatic N) is 3. The molecule has 0 aromatic carbocycles. The lowest BCUT2D eigenvalue weighted by atomic mass is 10.0. The van der Waals surface area contributed by atoms with Gasteiger partial charge < -0.3 is 4.98 Å². The average Bonchev–Trinajstić information content (AvgIpc) is 3.10. The summed E-state index contributed by atoms with van der Waals surface area (Å²) in [6.45, 7) is 4.15. The van der Waals surface area contributed by atoms with Gasteiger partial charge in [0, 0.05) is 43.2 Å². The third-order valence-electron chi connectivity index (χ3n) is 4.35. The highest BCUT2D eigenvalue weighted by Gasteiger charge is 2.21. The predicted molar refractivity (Wildman–Crippen MR) is 95.0 cm³/mol. The molecule has 1 N–H and O–H groups in total. The Morgan fingerprint density at radius 2 is 2.29 bits per heavy atom. The molecule has 5 nitrogen and oxygen atoms in total. The van der Waals surface area contributed by atoms with E-state index in [4.69, 9.17) is 0 Å². The van der Waals surface area contributed by atoms with Gasteiger partial charge in [0.2, 0.25) is 0 Å². The maximum atomic E-state index is 12.2. The minimum absolute atomic E-state index is 0.00792. The molecule has 1 aliphatic heterocycles. The Bertz CT molecular complexity index is 917. The normalized spacial score (nSPS) is 14.5. The summed E-state index contributed by atoms with van der Waals surface area (Å²) in [5.74, 6) is 0.694. The van der Waals surface area contributed by atoms with Crippen molar-refractivity contribution in [3.05, 3.63) is 68.2 Å². The van der Waals surface area contributed by atoms with E-state index in [1.807, 2.05) is 19.2 Å². The molecule has 3 aromatic rings. The van der Waals surface area contributed by atoms with Crippen molar-refractivity contribution in [1.29, 1.82) is 0 Å². The summed E-state index contributed by atoms with van der Waals surface area (Å²) in [4.78, 5) is 26.3. The molecule has 0 fully saturated rings. The lowest BCUT2D eigenvalue weighted by Crippen LogP contribution is -2.35. The van der Waals surface area contributed by atoms with E-state index in [1.165, 1.54) is 5.56 Å². The van der Waals surface area contributed by atoms with Gasteiger partial charge >= 0.3 is 0 Å². The van der Waals surface area contributed by atoms with Gasteiger partial charge in [0.05, 0.1) is 17.0 Å². The molecular weight excluding hydrogens is 320 g/mol. The Labute approximate surface area is 144 Å². The van der Waals surface area contributed by atoms with Crippen molar-refractivity contribution in [3.63, 3.8) is 0 Å². The highest BCUT2D eigenvalue weighted by molar-refractivity contribution is 7.08. The molecule has 1 aliphatic rings. The van der Waals surface area contributed by atoms with E-state index in [9.17, 15) is 4.79 Å². The number of hydrogen-bond donors (Lipinski definition) is 1. The summed E-state index contributed by atoms with van der Waals surface area (Å²) < 4.78 is 0. The minimum atomic E-state index is -0.00792. The summed E-state index contributed by atoms with van der Waals surface area (Å²) in [7, 11) is 0. The van der Waals surface area contributed by atoms with Crippen molar-refractivity contribution in [1.82, 2.24) is 19.9 Å². The molecule has 6 heteroatoms. The third-order valence-corrected chi connectivity index (χ3v) is 5.03. The zero-order chi connectivity index (χ0) is 16.5. The second-order valence-corrected chi connectivity index (χ2v) is 6.84. The fourth-order valence-electron chi connectivity index (χ4n) is 3.21. The Kier molecular flexibility index (Phi) is 4.00. The topological polar surface area (TPSA) is 61.9 Å². The van der Waals surface area contributed by atoms with E-state index in [0.29, 0.717) is 12.4 Å². The first-order chi connectivity index (χ1) is 11.7. The molecule has 24 heavy (non-hydrogen) atoms. The Morgan fingerprint density at radius 3 is 3.12 bits per heavy atom. The van der Waals surface area contributed by atoms with Crippen LogP contribution in [0.1, 0.15) is 22.6 Å². The Hall–Kier alpha value is -2.31. The number of hydrogen-bond acceptors (Lipinski definition) is 5. The third kappa shape index (κ3) is 2.90. The van der Waals surface area contributed by atoms with Gasteiger partial charge in [-0.3, -0.25) is 14.7 Å². The van der Waals surface area contributed by atoms with Crippen molar-refractivity contribution in [2.75, 3.05) is 6.54 Å². The van der Waals surface area contributed by atoms with Crippen LogP contribution in [0.4, 0.5) is 0 Å². The molecule has 0 saturated carbocycles. The van der Waals surface area contributed by atoms with Gasteiger partial charge in [0.25, 0.3) is 5.56 Å². The van der Waals surface area contributed by atoms with Crippen LogP contribution < -0.4 is 5.56 Å². The molecule has 0 atom stereocenters. The number of rotatable bonds is 3. The molecule has 0 unspecified atom stereocenters. The van der Waals surface area contributed by atoms with Gasteiger partial charge in [0.15, 0.2) is 0 Å². The molecule has 4 heterocycles. The molecule has 3 aromatic heterocycles. The second-order valence-electron chi connectivity index (χ2n) is 6.06. The summed E-state index contributed by atoms with van der Waals surface area (Å²) in [5, 5.41) is 4.19. The van der Waals surface area contributed by atoms with Crippen molar-refractivity contribution < 1.29 is 0 Å². The number of nitrogens with one attached hydrogen (secondary N) is 1. The van der Waals surface area contributed by atoms with Crippen LogP contribution in [0.25, 0.3) is 11.3 Å². The summed E-state index contributed by atoms with van der Waals surface area (Å²) >= 11 is 1.68. The van der Waals surface area contributed by atoms with E-state index < -0.39 is 0 Å². The highest BCUT2D eigenvalue weighted by atomic mass is 32.1. The average molecular weight is 338 g/mol. The van der Waals surface area contributed by atoms with E-state index in [2.05, 4.69) is 42.7 Å². The Balaban J connectivity index is 1.61. The van der Waals surface area contributed by atoms with Crippen LogP contribution in [0.5, 0.6) is 0 Å². The molecule has 0 aliphatic carbocycles. The monoisotopic (exact) mass is 338 g/mol. The van der Waals surface area contributed by atoms with Crippen molar-refractivity contribution in [2.45, 2.75) is 26.4 Å². The maximum Gasteiger partial charge on any atom is 0.255 e. The van der Waals surface area contributed by atoms with Crippen LogP contribution in [0, 0.1) is 6.92 Å². The zero-order valence-corrected chi connectivity index (χ0v) is 14.3. The molecule has 0 saturated heterocycles. The minimum Gasteiger partial charge on any atom is -0.310 e. The first-order valence-corrected chi connectivity index (χ1v) is 8.92. The highest BCUT2D eigenvalue weighted by Crippen LogP contribution is 2.25. The summed E-state index contributed by atoms with van der Waals surface area (Å²) in [6, 6.07) is 6.19. The van der Waals surface area contributed by atoms with Crippen LogP contribution in [0.3, 0.4) is 0 Å². The van der Waals surface area contributed by atoms with Crippen LogP contribution in [0.15, 0.2) is 40.0 Å². The predicted octanol–water partition coefficient (Wildman–Crippen LogP) is 2.76. The van der Waals surface area contributed by atoms with Crippen molar-refractivity contribution in [2.24, 2.45) is 0 Å². The lowest BCUT2D eigenvalue weighted by Gasteiger charge is -2.28. The molecule has 0 bridgehead atoms. The van der Waals surface area contributed by atoms with E-state index in [0.717, 1.165) is 42.0 Å². The van der Waals surface area contributed by atoms with Gasteiger partial charge in [-0.15, -0.1) is 0 Å². The zero-order valence-electron chi connectivity index (χ0n) is 13.5. The van der Waals surface area contributed by atoms with Crippen LogP contribution in [0.2, 0.25) is 0 Å². The second kappa shape index (κ2) is 6.30. The molecule has 0 amide bonds. The number of H-pyrrole nitrogens is 1. The van der Waals surface area contributed by atoms with Crippen molar-refractivity contribution >= 4 is 11.3 Å². The van der Waals surface area contributed by atoms with Gasteiger partial charge in [-0.05, 0) is 30.0 Å². The SMILES string of the molecule is Cc1nc2c(c(=O)[nH]1)CN(Cc1cccnc1-c1ccsc1)CC2. The number of aromatic amines is 1. The maximum absolute atomic E-state index is 12.2. The van der Waals surface area contributed by atoms with Gasteiger partial charge in [-0.2, -0.15) is 11.3 Å². The first kappa shape index (κ1) is 15.2. The molecular formula is C18H18N4OS. The largest absolute Gasteiger partial charge is 0.310 e. The van der Waals surface area contributed by atoms with Gasteiger partial charge in [-0.25, -0.2) is 4.98 Å². The van der Waals surface area contributed by atoms with E-state index in [-0.39, 0.29) is 5.56 Å². The summed E-state index contributed by atoms with van der Waals surface area (Å²) in [6.07, 6.45) is 2.65. The van der Waals surface area contributed by atoms with Crippen LogP contribution in [-0.2, 0) is 19.5 Å². The smallest absolute Gasteiger partial charge is 0.255 e. The van der Waals surface area contributed by atoms with Gasteiger partial charge in [-0.1, -0.05) is 6.07 Å². The molecule has 0 spiro atoms. The first-order valence-electron chi connectivity index (χ1n) is 7.98. The number of aromatic nitrogens is 3. The fraction of sp³-hybridized carbons (Fsp3) is 0.278. The number of pyridine rings is 1. The number of thiophene rings is 1. The fourth-order valence-corrected chi connectivity index (χ4v) is 3.85. The van der Waals surface area contributed by atoms with Crippen LogP contribution >= 0.6 is 11.3 Å². The molecule has 4 rings (SSSR count). The van der Waals surface area contributed by atoms with E-state index in [1.54, 1.807) is 11.3 Å². The van der Waals surface area contributed by atoms with Gasteiger partial charge in [0.1, 0.15) is 5.82 Å². The number of fused-ring (bicyclic) bond motifs is 1. The van der Waals surface area contributed by atoms with E-state index >= 15 is 0 Å². The molecule has 0 radical (unpaired) electrons. The Morgan fingerprint density at radius 1 is 1.38 bits per heavy atom. The van der Waals surface area contributed by atoms with Crippen molar-refractivity contribution in [3.8, 4) is 11.3 Å². The quantitative estimate of drug-likeness (QED) is 0.798. The van der Waals surface area contributed by atoms with Crippen LogP contribution in [-0.4, -0.2) is 26.4 Å². The summed E-state index contributed by atoms with van der Waals surface area (Å²) in [5.41, 5.74) is 5.11.